The summed E-state index contributed by atoms with van der Waals surface area (Å²) >= 11 is 0. The third-order valence-electron chi connectivity index (χ3n) is 2.91. The Balaban J connectivity index is 2.68. The second kappa shape index (κ2) is 7.63. The van der Waals surface area contributed by atoms with Crippen LogP contribution in [0.1, 0.15) is 25.3 Å². The number of methoxy groups -OCH3 is 1. The summed E-state index contributed by atoms with van der Waals surface area (Å²) in [6.07, 6.45) is 1.33. The van der Waals surface area contributed by atoms with Gasteiger partial charge in [-0.05, 0) is 37.5 Å². The van der Waals surface area contributed by atoms with Crippen molar-refractivity contribution in [3.63, 3.8) is 0 Å². The largest absolute Gasteiger partial charge is 0.495 e. The van der Waals surface area contributed by atoms with Crippen LogP contribution in [0.4, 0.5) is 10.5 Å². The zero-order valence-electron chi connectivity index (χ0n) is 11.7. The van der Waals surface area contributed by atoms with E-state index in [9.17, 15) is 4.79 Å². The zero-order chi connectivity index (χ0) is 14.3. The van der Waals surface area contributed by atoms with Crippen LogP contribution in [0, 0.1) is 6.92 Å². The van der Waals surface area contributed by atoms with E-state index in [2.05, 4.69) is 10.6 Å². The fraction of sp³-hybridized carbons (Fsp3) is 0.500. The minimum atomic E-state index is -0.288. The number of aliphatic hydroxyl groups excluding tert-OH is 1. The predicted octanol–water partition coefficient (Wildman–Crippen LogP) is 2.29. The van der Waals surface area contributed by atoms with E-state index in [4.69, 9.17) is 9.84 Å². The quantitative estimate of drug-likeness (QED) is 0.740. The van der Waals surface area contributed by atoms with Crippen molar-refractivity contribution in [2.24, 2.45) is 0 Å². The van der Waals surface area contributed by atoms with Crippen molar-refractivity contribution in [2.45, 2.75) is 32.7 Å². The Bertz CT molecular complexity index is 421. The van der Waals surface area contributed by atoms with E-state index in [1.165, 1.54) is 0 Å². The summed E-state index contributed by atoms with van der Waals surface area (Å²) in [5.41, 5.74) is 1.68. The maximum Gasteiger partial charge on any atom is 0.319 e. The third kappa shape index (κ3) is 4.79. The lowest BCUT2D eigenvalue weighted by atomic mass is 10.1. The molecule has 0 saturated carbocycles. The molecule has 0 aliphatic heterocycles. The summed E-state index contributed by atoms with van der Waals surface area (Å²) < 4.78 is 5.20. The topological polar surface area (TPSA) is 70.6 Å². The van der Waals surface area contributed by atoms with Crippen LogP contribution in [-0.4, -0.2) is 30.9 Å². The highest BCUT2D eigenvalue weighted by atomic mass is 16.5. The van der Waals surface area contributed by atoms with Gasteiger partial charge in [0.2, 0.25) is 0 Å². The molecule has 1 atom stereocenters. The van der Waals surface area contributed by atoms with Gasteiger partial charge >= 0.3 is 6.03 Å². The van der Waals surface area contributed by atoms with E-state index in [-0.39, 0.29) is 18.7 Å². The molecule has 2 amide bonds. The van der Waals surface area contributed by atoms with Crippen LogP contribution < -0.4 is 15.4 Å². The number of rotatable bonds is 6. The molecule has 1 aromatic rings. The number of benzene rings is 1. The van der Waals surface area contributed by atoms with Crippen LogP contribution in [-0.2, 0) is 0 Å². The molecule has 0 bridgehead atoms. The van der Waals surface area contributed by atoms with Crippen molar-refractivity contribution in [3.05, 3.63) is 23.8 Å². The van der Waals surface area contributed by atoms with Crippen molar-refractivity contribution >= 4 is 11.7 Å². The van der Waals surface area contributed by atoms with E-state index in [0.29, 0.717) is 17.9 Å². The lowest BCUT2D eigenvalue weighted by Crippen LogP contribution is -2.38. The Hall–Kier alpha value is -1.75. The van der Waals surface area contributed by atoms with Gasteiger partial charge in [0.25, 0.3) is 0 Å². The first-order valence-electron chi connectivity index (χ1n) is 6.43. The number of aliphatic hydroxyl groups is 1. The maximum absolute atomic E-state index is 11.9. The monoisotopic (exact) mass is 266 g/mol. The normalized spacial score (nSPS) is 11.8. The number of ether oxygens (including phenoxy) is 1. The molecule has 0 spiro atoms. The number of amides is 2. The smallest absolute Gasteiger partial charge is 0.319 e. The lowest BCUT2D eigenvalue weighted by molar-refractivity contribution is 0.237. The van der Waals surface area contributed by atoms with Crippen LogP contribution in [0.15, 0.2) is 18.2 Å². The van der Waals surface area contributed by atoms with Gasteiger partial charge in [-0.25, -0.2) is 4.79 Å². The second-order valence-corrected chi connectivity index (χ2v) is 4.42. The number of hydrogen-bond donors (Lipinski definition) is 3. The van der Waals surface area contributed by atoms with E-state index in [1.807, 2.05) is 32.0 Å². The SMILES string of the molecule is CCC(CCO)NC(=O)Nc1cc(C)ccc1OC. The number of urea groups is 1. The number of nitrogens with one attached hydrogen (secondary N) is 2. The number of aryl methyl sites for hydroxylation is 1. The molecule has 0 aromatic heterocycles. The summed E-state index contributed by atoms with van der Waals surface area (Å²) in [6, 6.07) is 5.27. The van der Waals surface area contributed by atoms with Crippen molar-refractivity contribution in [2.75, 3.05) is 19.0 Å². The molecule has 19 heavy (non-hydrogen) atoms. The first kappa shape index (κ1) is 15.3. The fourth-order valence-corrected chi connectivity index (χ4v) is 1.80. The molecule has 5 nitrogen and oxygen atoms in total. The molecule has 0 fully saturated rings. The average molecular weight is 266 g/mol. The van der Waals surface area contributed by atoms with E-state index < -0.39 is 0 Å². The predicted molar refractivity (Wildman–Crippen MR) is 75.7 cm³/mol. The summed E-state index contributed by atoms with van der Waals surface area (Å²) in [4.78, 5) is 11.9. The highest BCUT2D eigenvalue weighted by molar-refractivity contribution is 5.91. The van der Waals surface area contributed by atoms with Crippen molar-refractivity contribution in [1.29, 1.82) is 0 Å². The molecule has 0 heterocycles. The van der Waals surface area contributed by atoms with Gasteiger partial charge < -0.3 is 20.5 Å². The Kier molecular flexibility index (Phi) is 6.15. The molecule has 3 N–H and O–H groups in total. The molecule has 5 heteroatoms. The molecule has 0 radical (unpaired) electrons. The summed E-state index contributed by atoms with van der Waals surface area (Å²) in [5, 5.41) is 14.5. The van der Waals surface area contributed by atoms with Crippen LogP contribution in [0.25, 0.3) is 0 Å². The first-order chi connectivity index (χ1) is 9.10. The standard InChI is InChI=1S/C14H22N2O3/c1-4-11(7-8-17)15-14(18)16-12-9-10(2)5-6-13(12)19-3/h5-6,9,11,17H,4,7-8H2,1-3H3,(H2,15,16,18). The van der Waals surface area contributed by atoms with Gasteiger partial charge in [0.15, 0.2) is 0 Å². The summed E-state index contributed by atoms with van der Waals surface area (Å²) in [6.45, 7) is 3.98. The molecule has 1 rings (SSSR count). The van der Waals surface area contributed by atoms with Crippen molar-refractivity contribution < 1.29 is 14.6 Å². The minimum Gasteiger partial charge on any atom is -0.495 e. The van der Waals surface area contributed by atoms with Gasteiger partial charge in [0.05, 0.1) is 12.8 Å². The van der Waals surface area contributed by atoms with Gasteiger partial charge in [-0.1, -0.05) is 13.0 Å². The highest BCUT2D eigenvalue weighted by Gasteiger charge is 2.12. The number of hydrogen-bond acceptors (Lipinski definition) is 3. The zero-order valence-corrected chi connectivity index (χ0v) is 11.7. The number of anilines is 1. The third-order valence-corrected chi connectivity index (χ3v) is 2.91. The van der Waals surface area contributed by atoms with Gasteiger partial charge in [0.1, 0.15) is 5.75 Å². The first-order valence-corrected chi connectivity index (χ1v) is 6.43. The van der Waals surface area contributed by atoms with Crippen molar-refractivity contribution in [3.8, 4) is 5.75 Å². The Morgan fingerprint density at radius 3 is 2.79 bits per heavy atom. The van der Waals surface area contributed by atoms with Gasteiger partial charge in [-0.15, -0.1) is 0 Å². The molecular weight excluding hydrogens is 244 g/mol. The molecule has 1 unspecified atom stereocenters. The Morgan fingerprint density at radius 2 is 2.21 bits per heavy atom. The highest BCUT2D eigenvalue weighted by Crippen LogP contribution is 2.24. The van der Waals surface area contributed by atoms with Gasteiger partial charge in [-0.3, -0.25) is 0 Å². The van der Waals surface area contributed by atoms with Crippen LogP contribution in [0.5, 0.6) is 5.75 Å². The Morgan fingerprint density at radius 1 is 1.47 bits per heavy atom. The second-order valence-electron chi connectivity index (χ2n) is 4.42. The molecule has 0 saturated heterocycles. The van der Waals surface area contributed by atoms with Gasteiger partial charge in [-0.2, -0.15) is 0 Å². The number of carbonyl (C=O) groups excluding carboxylic acids is 1. The summed E-state index contributed by atoms with van der Waals surface area (Å²) in [7, 11) is 1.56. The molecular formula is C14H22N2O3. The van der Waals surface area contributed by atoms with Crippen LogP contribution >= 0.6 is 0 Å². The number of carbonyl (C=O) groups is 1. The average Bonchev–Trinajstić information content (AvgIpc) is 2.38. The molecule has 0 aliphatic carbocycles. The minimum absolute atomic E-state index is 0.0270. The van der Waals surface area contributed by atoms with Crippen LogP contribution in [0.2, 0.25) is 0 Å². The van der Waals surface area contributed by atoms with E-state index in [1.54, 1.807) is 7.11 Å². The van der Waals surface area contributed by atoms with Gasteiger partial charge in [0, 0.05) is 12.6 Å². The molecule has 1 aromatic carbocycles. The molecule has 106 valence electrons. The fourth-order valence-electron chi connectivity index (χ4n) is 1.80. The van der Waals surface area contributed by atoms with E-state index in [0.717, 1.165) is 12.0 Å². The molecule has 0 aliphatic rings. The van der Waals surface area contributed by atoms with Crippen molar-refractivity contribution in [1.82, 2.24) is 5.32 Å². The van der Waals surface area contributed by atoms with E-state index >= 15 is 0 Å². The van der Waals surface area contributed by atoms with Crippen LogP contribution in [0.3, 0.4) is 0 Å². The maximum atomic E-state index is 11.9. The summed E-state index contributed by atoms with van der Waals surface area (Å²) in [5.74, 6) is 0.621. The Labute approximate surface area is 114 Å². The lowest BCUT2D eigenvalue weighted by Gasteiger charge is -2.17.